The molecule has 0 atom stereocenters. The number of anilines is 1. The van der Waals surface area contributed by atoms with E-state index < -0.39 is 10.8 Å². The Morgan fingerprint density at radius 3 is 2.60 bits per heavy atom. The molecule has 1 amide bonds. The quantitative estimate of drug-likeness (QED) is 0.640. The van der Waals surface area contributed by atoms with Crippen molar-refractivity contribution in [2.24, 2.45) is 5.73 Å². The molecule has 0 aliphatic carbocycles. The second kappa shape index (κ2) is 5.22. The van der Waals surface area contributed by atoms with Gasteiger partial charge in [-0.15, -0.1) is 0 Å². The van der Waals surface area contributed by atoms with E-state index in [1.54, 1.807) is 12.1 Å². The first-order chi connectivity index (χ1) is 9.49. The first kappa shape index (κ1) is 13.3. The number of hydrogen-bond donors (Lipinski definition) is 2. The fraction of sp³-hybridized carbons (Fsp3) is 0. The molecule has 8 nitrogen and oxygen atoms in total. The fourth-order valence-corrected chi connectivity index (χ4v) is 1.52. The third kappa shape index (κ3) is 2.64. The molecule has 2 aromatic rings. The molecular formula is C12H10N4O4. The molecule has 1 aromatic carbocycles. The zero-order valence-electron chi connectivity index (χ0n) is 10.1. The summed E-state index contributed by atoms with van der Waals surface area (Å²) in [6.07, 6.45) is 0. The van der Waals surface area contributed by atoms with Crippen LogP contribution in [-0.2, 0) is 0 Å². The molecule has 0 unspecified atom stereocenters. The lowest BCUT2D eigenvalue weighted by molar-refractivity contribution is -0.386. The maximum atomic E-state index is 11.3. The lowest BCUT2D eigenvalue weighted by Gasteiger charge is -2.08. The van der Waals surface area contributed by atoms with E-state index in [1.807, 2.05) is 0 Å². The van der Waals surface area contributed by atoms with Crippen LogP contribution in [0.15, 0.2) is 36.4 Å². The molecule has 0 bridgehead atoms. The molecule has 0 saturated heterocycles. The molecule has 1 aromatic heterocycles. The molecule has 0 radical (unpaired) electrons. The molecule has 4 N–H and O–H groups in total. The average molecular weight is 274 g/mol. The predicted molar refractivity (Wildman–Crippen MR) is 70.3 cm³/mol. The standard InChI is InChI=1S/C12H10N4O4/c13-10-6-5-8(16(18)19)12(15-10)20-9-4-2-1-3-7(9)11(14)17/h1-6H,(H2,13,15)(H2,14,17). The molecule has 8 heteroatoms. The van der Waals surface area contributed by atoms with Crippen LogP contribution in [0, 0.1) is 10.1 Å². The molecule has 0 saturated carbocycles. The number of amides is 1. The molecule has 2 rings (SSSR count). The highest BCUT2D eigenvalue weighted by atomic mass is 16.6. The van der Waals surface area contributed by atoms with Gasteiger partial charge in [0.05, 0.1) is 10.5 Å². The van der Waals surface area contributed by atoms with Crippen molar-refractivity contribution in [3.63, 3.8) is 0 Å². The number of carbonyl (C=O) groups excluding carboxylic acids is 1. The van der Waals surface area contributed by atoms with E-state index in [0.29, 0.717) is 0 Å². The first-order valence-corrected chi connectivity index (χ1v) is 5.46. The van der Waals surface area contributed by atoms with E-state index in [1.165, 1.54) is 24.3 Å². The number of aromatic nitrogens is 1. The zero-order valence-corrected chi connectivity index (χ0v) is 10.1. The van der Waals surface area contributed by atoms with Crippen molar-refractivity contribution in [1.82, 2.24) is 4.98 Å². The number of primary amides is 1. The van der Waals surface area contributed by atoms with Gasteiger partial charge in [-0.1, -0.05) is 12.1 Å². The Bertz CT molecular complexity index is 687. The summed E-state index contributed by atoms with van der Waals surface area (Å²) in [4.78, 5) is 25.2. The highest BCUT2D eigenvalue weighted by molar-refractivity contribution is 5.95. The normalized spacial score (nSPS) is 10.0. The van der Waals surface area contributed by atoms with Crippen LogP contribution in [0.5, 0.6) is 11.6 Å². The van der Waals surface area contributed by atoms with E-state index in [9.17, 15) is 14.9 Å². The smallest absolute Gasteiger partial charge is 0.331 e. The lowest BCUT2D eigenvalue weighted by Crippen LogP contribution is -2.12. The second-order valence-corrected chi connectivity index (χ2v) is 3.78. The van der Waals surface area contributed by atoms with Gasteiger partial charge in [-0.05, 0) is 18.2 Å². The van der Waals surface area contributed by atoms with Gasteiger partial charge in [0.25, 0.3) is 5.91 Å². The molecule has 1 heterocycles. The minimum Gasteiger partial charge on any atom is -0.433 e. The molecular weight excluding hydrogens is 264 g/mol. The Morgan fingerprint density at radius 1 is 1.25 bits per heavy atom. The number of nitrogens with zero attached hydrogens (tertiary/aromatic N) is 2. The lowest BCUT2D eigenvalue weighted by atomic mass is 10.2. The van der Waals surface area contributed by atoms with Crippen LogP contribution in [0.25, 0.3) is 0 Å². The summed E-state index contributed by atoms with van der Waals surface area (Å²) in [5.41, 5.74) is 10.4. The van der Waals surface area contributed by atoms with Crippen molar-refractivity contribution in [2.75, 3.05) is 5.73 Å². The highest BCUT2D eigenvalue weighted by Crippen LogP contribution is 2.31. The monoisotopic (exact) mass is 274 g/mol. The number of rotatable bonds is 4. The van der Waals surface area contributed by atoms with E-state index in [4.69, 9.17) is 16.2 Å². The van der Waals surface area contributed by atoms with Gasteiger partial charge in [-0.3, -0.25) is 14.9 Å². The number of nitrogens with two attached hydrogens (primary N) is 2. The van der Waals surface area contributed by atoms with Crippen LogP contribution in [0.2, 0.25) is 0 Å². The zero-order chi connectivity index (χ0) is 14.7. The predicted octanol–water partition coefficient (Wildman–Crippen LogP) is 1.46. The first-order valence-electron chi connectivity index (χ1n) is 5.46. The van der Waals surface area contributed by atoms with Crippen molar-refractivity contribution < 1.29 is 14.5 Å². The van der Waals surface area contributed by atoms with Gasteiger partial charge in [-0.2, -0.15) is 4.98 Å². The van der Waals surface area contributed by atoms with E-state index in [2.05, 4.69) is 4.98 Å². The Labute approximate surface area is 113 Å². The number of hydrogen-bond acceptors (Lipinski definition) is 6. The number of para-hydroxylation sites is 1. The van der Waals surface area contributed by atoms with Crippen LogP contribution in [0.4, 0.5) is 11.5 Å². The van der Waals surface area contributed by atoms with Gasteiger partial charge < -0.3 is 16.2 Å². The van der Waals surface area contributed by atoms with Gasteiger partial charge in [0.2, 0.25) is 0 Å². The van der Waals surface area contributed by atoms with Crippen LogP contribution in [-0.4, -0.2) is 15.8 Å². The maximum absolute atomic E-state index is 11.3. The summed E-state index contributed by atoms with van der Waals surface area (Å²) in [6, 6.07) is 8.54. The third-order valence-electron chi connectivity index (χ3n) is 2.42. The molecule has 0 aliphatic heterocycles. The van der Waals surface area contributed by atoms with Crippen molar-refractivity contribution in [3.8, 4) is 11.6 Å². The third-order valence-corrected chi connectivity index (χ3v) is 2.42. The van der Waals surface area contributed by atoms with E-state index in [-0.39, 0.29) is 28.7 Å². The summed E-state index contributed by atoms with van der Waals surface area (Å²) in [5, 5.41) is 10.9. The van der Waals surface area contributed by atoms with Gasteiger partial charge in [0.15, 0.2) is 0 Å². The number of pyridine rings is 1. The largest absolute Gasteiger partial charge is 0.433 e. The molecule has 0 aliphatic rings. The van der Waals surface area contributed by atoms with Crippen LogP contribution in [0.3, 0.4) is 0 Å². The van der Waals surface area contributed by atoms with Crippen molar-refractivity contribution in [2.45, 2.75) is 0 Å². The van der Waals surface area contributed by atoms with Gasteiger partial charge in [0, 0.05) is 6.07 Å². The van der Waals surface area contributed by atoms with Gasteiger partial charge >= 0.3 is 11.6 Å². The minimum absolute atomic E-state index is 0.0576. The SMILES string of the molecule is NC(=O)c1ccccc1Oc1nc(N)ccc1[N+](=O)[O-]. The Balaban J connectivity index is 2.47. The number of ether oxygens (including phenoxy) is 1. The van der Waals surface area contributed by atoms with Crippen molar-refractivity contribution in [3.05, 3.63) is 52.1 Å². The maximum Gasteiger partial charge on any atom is 0.331 e. The number of carbonyl (C=O) groups is 1. The Kier molecular flexibility index (Phi) is 3.47. The molecule has 0 spiro atoms. The topological polar surface area (TPSA) is 134 Å². The highest BCUT2D eigenvalue weighted by Gasteiger charge is 2.20. The summed E-state index contributed by atoms with van der Waals surface area (Å²) >= 11 is 0. The van der Waals surface area contributed by atoms with E-state index >= 15 is 0 Å². The Morgan fingerprint density at radius 2 is 1.95 bits per heavy atom. The van der Waals surface area contributed by atoms with Crippen LogP contribution >= 0.6 is 0 Å². The minimum atomic E-state index is -0.716. The fourth-order valence-electron chi connectivity index (χ4n) is 1.52. The molecule has 102 valence electrons. The van der Waals surface area contributed by atoms with Crippen LogP contribution < -0.4 is 16.2 Å². The van der Waals surface area contributed by atoms with Crippen molar-refractivity contribution in [1.29, 1.82) is 0 Å². The summed E-state index contributed by atoms with van der Waals surface area (Å²) in [5.74, 6) is -0.890. The number of nitro groups is 1. The molecule has 20 heavy (non-hydrogen) atoms. The van der Waals surface area contributed by atoms with Crippen LogP contribution in [0.1, 0.15) is 10.4 Å². The molecule has 0 fully saturated rings. The average Bonchev–Trinajstić information content (AvgIpc) is 2.38. The Hall–Kier alpha value is -3.16. The number of benzene rings is 1. The summed E-state index contributed by atoms with van der Waals surface area (Å²) in [7, 11) is 0. The van der Waals surface area contributed by atoms with Gasteiger partial charge in [0.1, 0.15) is 11.6 Å². The van der Waals surface area contributed by atoms with Gasteiger partial charge in [-0.25, -0.2) is 0 Å². The second-order valence-electron chi connectivity index (χ2n) is 3.78. The number of nitrogen functional groups attached to an aromatic ring is 1. The summed E-state index contributed by atoms with van der Waals surface area (Å²) in [6.45, 7) is 0. The van der Waals surface area contributed by atoms with Crippen molar-refractivity contribution >= 4 is 17.4 Å². The summed E-state index contributed by atoms with van der Waals surface area (Å²) < 4.78 is 5.31. The van der Waals surface area contributed by atoms with E-state index in [0.717, 1.165) is 0 Å².